The quantitative estimate of drug-likeness (QED) is 0.798. The maximum atomic E-state index is 14.0. The zero-order chi connectivity index (χ0) is 23.0. The van der Waals surface area contributed by atoms with Crippen LogP contribution in [0, 0.1) is 5.82 Å². The molecule has 1 saturated heterocycles. The molecule has 4 rings (SSSR count). The number of rotatable bonds is 3. The average Bonchev–Trinajstić information content (AvgIpc) is 3.13. The third-order valence-electron chi connectivity index (χ3n) is 3.50. The molecule has 122 valence electrons. The van der Waals surface area contributed by atoms with Gasteiger partial charge in [0.05, 0.1) is 13.6 Å². The molecule has 1 aromatic carbocycles. The molecule has 3 heterocycles. The lowest BCUT2D eigenvalue weighted by Gasteiger charge is -2.26. The van der Waals surface area contributed by atoms with Crippen molar-refractivity contribution in [1.29, 1.82) is 0 Å². The molecule has 1 unspecified atom stereocenters. The highest BCUT2D eigenvalue weighted by molar-refractivity contribution is 5.91. The van der Waals surface area contributed by atoms with Crippen molar-refractivity contribution in [1.82, 2.24) is 14.6 Å². The molecule has 2 aromatic heterocycles. The fourth-order valence-corrected chi connectivity index (χ4v) is 2.41. The van der Waals surface area contributed by atoms with Crippen molar-refractivity contribution in [2.24, 2.45) is 5.73 Å². The van der Waals surface area contributed by atoms with E-state index in [1.807, 2.05) is 0 Å². The number of benzene rings is 1. The SMILES string of the molecule is [2H]C1([2H])N(c2ccc3ncc(C(N)=O)n3n2)C([2H])(c2cccc(F)c2)C([2H])([2H])C1([2H])[2H]. The van der Waals surface area contributed by atoms with E-state index in [-0.39, 0.29) is 22.7 Å². The van der Waals surface area contributed by atoms with Crippen molar-refractivity contribution in [2.45, 2.75) is 18.8 Å². The second-order valence-electron chi connectivity index (χ2n) is 5.03. The predicted molar refractivity (Wildman–Crippen MR) is 87.2 cm³/mol. The zero-order valence-electron chi connectivity index (χ0n) is 19.2. The molecule has 1 aliphatic heterocycles. The summed E-state index contributed by atoms with van der Waals surface area (Å²) in [6.07, 6.45) is -5.23. The second-order valence-corrected chi connectivity index (χ2v) is 5.03. The van der Waals surface area contributed by atoms with Crippen LogP contribution in [0.2, 0.25) is 0 Å². The lowest BCUT2D eigenvalue weighted by atomic mass is 10.0. The van der Waals surface area contributed by atoms with Crippen LogP contribution >= 0.6 is 0 Å². The molecule has 6 nitrogen and oxygen atoms in total. The fourth-order valence-electron chi connectivity index (χ4n) is 2.41. The Kier molecular flexibility index (Phi) is 2.04. The number of hydrogen-bond donors (Lipinski definition) is 1. The van der Waals surface area contributed by atoms with Gasteiger partial charge in [-0.25, -0.2) is 13.9 Å². The molecule has 3 aromatic rings. The number of carbonyl (C=O) groups excluding carboxylic acids is 1. The number of hydrogen-bond acceptors (Lipinski definition) is 4. The zero-order valence-corrected chi connectivity index (χ0v) is 12.2. The summed E-state index contributed by atoms with van der Waals surface area (Å²) in [5.74, 6) is -2.06. The van der Waals surface area contributed by atoms with Gasteiger partial charge < -0.3 is 10.6 Å². The highest BCUT2D eigenvalue weighted by Crippen LogP contribution is 2.35. The molecule has 0 aliphatic carbocycles. The van der Waals surface area contributed by atoms with Crippen molar-refractivity contribution in [3.05, 3.63) is 59.7 Å². The summed E-state index contributed by atoms with van der Waals surface area (Å²) in [6, 6.07) is 4.13. The van der Waals surface area contributed by atoms with Gasteiger partial charge >= 0.3 is 0 Å². The number of anilines is 1. The van der Waals surface area contributed by atoms with Crippen LogP contribution in [0.15, 0.2) is 42.6 Å². The van der Waals surface area contributed by atoms with Crippen molar-refractivity contribution in [3.63, 3.8) is 0 Å². The minimum absolute atomic E-state index is 0.149. The van der Waals surface area contributed by atoms with Gasteiger partial charge in [-0.15, -0.1) is 5.10 Å². The standard InChI is InChI=1S/C17H16FN5O/c18-12-4-1-3-11(9-12)13-5-2-8-22(13)16-7-6-15-20-10-14(17(19)24)23(15)21-16/h1,3-4,6-7,9-10,13H,2,5,8H2,(H2,19,24)/i2D2,5D2,8D2,13D. The summed E-state index contributed by atoms with van der Waals surface area (Å²) in [4.78, 5) is 16.1. The Hall–Kier alpha value is -2.96. The van der Waals surface area contributed by atoms with Crippen LogP contribution in [0.5, 0.6) is 0 Å². The van der Waals surface area contributed by atoms with Gasteiger partial charge in [0.2, 0.25) is 0 Å². The molecule has 0 saturated carbocycles. The van der Waals surface area contributed by atoms with Crippen LogP contribution in [0.1, 0.15) is 44.4 Å². The van der Waals surface area contributed by atoms with Gasteiger partial charge in [-0.05, 0) is 42.6 Å². The van der Waals surface area contributed by atoms with Gasteiger partial charge in [-0.1, -0.05) is 12.1 Å². The molecule has 0 spiro atoms. The van der Waals surface area contributed by atoms with Crippen molar-refractivity contribution in [2.75, 3.05) is 11.4 Å². The molecule has 2 N–H and O–H groups in total. The Labute approximate surface area is 147 Å². The first-order chi connectivity index (χ1) is 14.3. The van der Waals surface area contributed by atoms with Crippen molar-refractivity contribution < 1.29 is 18.8 Å². The van der Waals surface area contributed by atoms with Gasteiger partial charge in [-0.2, -0.15) is 0 Å². The lowest BCUT2D eigenvalue weighted by molar-refractivity contribution is 0.0993. The van der Waals surface area contributed by atoms with E-state index in [1.165, 1.54) is 24.3 Å². The Morgan fingerprint density at radius 2 is 2.29 bits per heavy atom. The first-order valence-electron chi connectivity index (χ1n) is 10.5. The highest BCUT2D eigenvalue weighted by atomic mass is 19.1. The molecule has 0 radical (unpaired) electrons. The Morgan fingerprint density at radius 1 is 1.42 bits per heavy atom. The molecular formula is C17H16FN5O. The summed E-state index contributed by atoms with van der Waals surface area (Å²) in [5, 5.41) is 4.10. The molecule has 1 atom stereocenters. The van der Waals surface area contributed by atoms with Crippen molar-refractivity contribution >= 4 is 17.4 Å². The van der Waals surface area contributed by atoms with Crippen LogP contribution in [0.4, 0.5) is 10.2 Å². The minimum atomic E-state index is -3.22. The van der Waals surface area contributed by atoms with E-state index in [1.54, 1.807) is 0 Å². The number of halogens is 1. The summed E-state index contributed by atoms with van der Waals surface area (Å²) in [5.41, 5.74) is 5.01. The first kappa shape index (κ1) is 8.77. The summed E-state index contributed by atoms with van der Waals surface area (Å²) < 4.78 is 74.0. The first-order valence-corrected chi connectivity index (χ1v) is 6.98. The van der Waals surface area contributed by atoms with Gasteiger partial charge in [0.1, 0.15) is 17.3 Å². The van der Waals surface area contributed by atoms with Gasteiger partial charge in [0.25, 0.3) is 5.91 Å². The highest BCUT2D eigenvalue weighted by Gasteiger charge is 2.28. The van der Waals surface area contributed by atoms with Crippen LogP contribution in [0.3, 0.4) is 0 Å². The predicted octanol–water partition coefficient (Wildman–Crippen LogP) is 2.31. The maximum Gasteiger partial charge on any atom is 0.269 e. The Bertz CT molecular complexity index is 1220. The normalized spacial score (nSPS) is 31.2. The summed E-state index contributed by atoms with van der Waals surface area (Å²) in [6.45, 7) is -3.10. The van der Waals surface area contributed by atoms with Crippen LogP contribution in [-0.4, -0.2) is 27.0 Å². The number of amides is 1. The number of aromatic nitrogens is 3. The largest absolute Gasteiger partial charge is 0.364 e. The third-order valence-corrected chi connectivity index (χ3v) is 3.50. The number of imidazole rings is 1. The summed E-state index contributed by atoms with van der Waals surface area (Å²) >= 11 is 0. The molecule has 7 heteroatoms. The van der Waals surface area contributed by atoms with E-state index in [0.29, 0.717) is 4.90 Å². The summed E-state index contributed by atoms with van der Waals surface area (Å²) in [7, 11) is 0. The molecule has 1 fully saturated rings. The van der Waals surface area contributed by atoms with Crippen LogP contribution < -0.4 is 10.6 Å². The molecule has 0 bridgehead atoms. The van der Waals surface area contributed by atoms with E-state index in [9.17, 15) is 9.18 Å². The molecule has 24 heavy (non-hydrogen) atoms. The number of fused-ring (bicyclic) bond motifs is 1. The van der Waals surface area contributed by atoms with Gasteiger partial charge in [-0.3, -0.25) is 4.79 Å². The van der Waals surface area contributed by atoms with Crippen LogP contribution in [-0.2, 0) is 0 Å². The van der Waals surface area contributed by atoms with E-state index >= 15 is 0 Å². The number of nitrogens with zero attached hydrogens (tertiary/aromatic N) is 4. The van der Waals surface area contributed by atoms with E-state index < -0.39 is 37.0 Å². The number of primary amides is 1. The Morgan fingerprint density at radius 3 is 3.08 bits per heavy atom. The van der Waals surface area contributed by atoms with E-state index in [2.05, 4.69) is 10.1 Å². The van der Waals surface area contributed by atoms with Crippen LogP contribution in [0.25, 0.3) is 5.65 Å². The van der Waals surface area contributed by atoms with Crippen molar-refractivity contribution in [3.8, 4) is 0 Å². The second kappa shape index (κ2) is 5.59. The van der Waals surface area contributed by atoms with Gasteiger partial charge in [0.15, 0.2) is 5.65 Å². The molecular weight excluding hydrogens is 309 g/mol. The monoisotopic (exact) mass is 332 g/mol. The molecule has 1 amide bonds. The topological polar surface area (TPSA) is 76.5 Å². The molecule has 1 aliphatic rings. The average molecular weight is 332 g/mol. The van der Waals surface area contributed by atoms with E-state index in [4.69, 9.17) is 15.3 Å². The Balaban J connectivity index is 2.05. The third kappa shape index (κ3) is 2.38. The minimum Gasteiger partial charge on any atom is -0.364 e. The number of nitrogens with two attached hydrogens (primary N) is 1. The van der Waals surface area contributed by atoms with Gasteiger partial charge in [0, 0.05) is 14.7 Å². The number of carbonyl (C=O) groups is 1. The fraction of sp³-hybridized carbons (Fsp3) is 0.235. The lowest BCUT2D eigenvalue weighted by Crippen LogP contribution is -2.25. The van der Waals surface area contributed by atoms with E-state index in [0.717, 1.165) is 22.8 Å². The smallest absolute Gasteiger partial charge is 0.269 e. The maximum absolute atomic E-state index is 14.0.